The SMILES string of the molecule is c1ccc(-n2c3ccccc3c3cc4c5c6ccccc6cc6c7ccccc7n(c4cc32)c65)cc1.c1ccc(-n2c3ccccc3c3cc4c5cc6ccccc6c6c7ccccc7n(c4cc32)c56)cc1.c1ccc(-n2c3ccccc3c3cc4c5cccc6c7c8ccccc8ccc7n(c4cc32)c56)cc1.c1ccc(-n2c3ccccc3c3cc4c5cccc6c7cc8ccccc8cc7n(c4cc32)c65)cc1. The molecule has 0 amide bonds. The van der Waals surface area contributed by atoms with E-state index in [2.05, 4.69) is 521 Å². The molecule has 144 heavy (non-hydrogen) atoms. The molecule has 0 radical (unpaired) electrons. The van der Waals surface area contributed by atoms with Crippen LogP contribution in [0.15, 0.2) is 485 Å². The highest BCUT2D eigenvalue weighted by molar-refractivity contribution is 6.37. The lowest BCUT2D eigenvalue weighted by Gasteiger charge is -2.08. The molecular formula is C136H80N8. The molecule has 8 heteroatoms. The summed E-state index contributed by atoms with van der Waals surface area (Å²) in [4.78, 5) is 0. The Bertz CT molecular complexity index is 11700. The van der Waals surface area contributed by atoms with Gasteiger partial charge in [-0.3, -0.25) is 0 Å². The Balaban J connectivity index is 0.0000000844. The minimum absolute atomic E-state index is 1.19. The Hall–Kier alpha value is -19.3. The highest BCUT2D eigenvalue weighted by atomic mass is 15.0. The normalized spacial score (nSPS) is 12.4. The van der Waals surface area contributed by atoms with Gasteiger partial charge < -0.3 is 35.9 Å². The van der Waals surface area contributed by atoms with Crippen LogP contribution in [0.1, 0.15) is 0 Å². The van der Waals surface area contributed by atoms with Crippen LogP contribution >= 0.6 is 0 Å². The third kappa shape index (κ3) is 10.5. The quantitative estimate of drug-likeness (QED) is 0.168. The predicted molar refractivity (Wildman–Crippen MR) is 612 cm³/mol. The number of rotatable bonds is 4. The molecule has 0 saturated carbocycles. The molecule has 0 aliphatic carbocycles. The number of nitrogens with zero attached hydrogens (tertiary/aromatic N) is 8. The summed E-state index contributed by atoms with van der Waals surface area (Å²) in [5.74, 6) is 0. The van der Waals surface area contributed by atoms with Crippen molar-refractivity contribution in [3.63, 3.8) is 0 Å². The number of para-hydroxylation sites is 12. The fraction of sp³-hybridized carbons (Fsp3) is 0. The summed E-state index contributed by atoms with van der Waals surface area (Å²) in [6.07, 6.45) is 0. The average molecular weight is 1830 g/mol. The van der Waals surface area contributed by atoms with E-state index in [0.717, 1.165) is 0 Å². The maximum atomic E-state index is 2.49. The zero-order chi connectivity index (χ0) is 93.5. The van der Waals surface area contributed by atoms with Gasteiger partial charge in [-0.2, -0.15) is 0 Å². The number of hydrogen-bond acceptors (Lipinski definition) is 0. The molecule has 0 aliphatic heterocycles. The van der Waals surface area contributed by atoms with Gasteiger partial charge in [0.25, 0.3) is 0 Å². The highest BCUT2D eigenvalue weighted by Gasteiger charge is 2.29. The Morgan fingerprint density at radius 1 is 0.0972 bits per heavy atom. The zero-order valence-electron chi connectivity index (χ0n) is 77.8. The van der Waals surface area contributed by atoms with Crippen molar-refractivity contribution in [1.82, 2.24) is 35.9 Å². The van der Waals surface area contributed by atoms with Gasteiger partial charge in [-0.05, 0) is 207 Å². The minimum atomic E-state index is 1.19. The highest BCUT2D eigenvalue weighted by Crippen LogP contribution is 2.52. The van der Waals surface area contributed by atoms with E-state index in [-0.39, 0.29) is 0 Å². The van der Waals surface area contributed by atoms with Crippen molar-refractivity contribution >= 4 is 283 Å². The standard InChI is InChI=1S/4C34H20N2/c1-2-11-22(12-3-1)35-29-16-8-6-14-24(29)26-19-27-28-18-21-10-4-5-13-23(21)33-25-15-7-9-17-30(25)36(34(28)33)32(27)20-31(26)35;1-2-11-22(12-3-1)35-29-16-8-6-14-24(29)26-19-28-32(20-31(26)35)36-30-17-9-7-15-25(30)27-18-21-10-4-5-13-23(21)33(28)34(27)36;1-2-11-23(12-3-1)35-30-16-7-6-13-24(30)28-19-29-26-15-8-14-25-27-17-21-9-4-5-10-22(21)18-31(27)36(34(25)26)33(29)20-32(28)35;1-2-10-22(11-3-1)35-29-16-7-6-13-24(29)27-19-28-25-14-8-15-26-33-23-12-5-4-9-21(23)17-18-30(33)36(34(25)26)32(28)20-31(27)35/h4*1-20H. The lowest BCUT2D eigenvalue weighted by atomic mass is 9.99. The monoisotopic (exact) mass is 1820 g/mol. The first-order chi connectivity index (χ1) is 71.5. The van der Waals surface area contributed by atoms with E-state index in [4.69, 9.17) is 0 Å². The Labute approximate surface area is 820 Å². The number of benzene rings is 24. The molecule has 12 heterocycles. The summed E-state index contributed by atoms with van der Waals surface area (Å²) in [7, 11) is 0. The maximum absolute atomic E-state index is 2.49. The Kier molecular flexibility index (Phi) is 15.7. The van der Waals surface area contributed by atoms with Crippen LogP contribution in [-0.4, -0.2) is 35.9 Å². The van der Waals surface area contributed by atoms with Gasteiger partial charge in [-0.15, -0.1) is 0 Å². The molecule has 0 saturated heterocycles. The van der Waals surface area contributed by atoms with Gasteiger partial charge in [0.05, 0.1) is 110 Å². The fourth-order valence-electron chi connectivity index (χ4n) is 26.2. The summed E-state index contributed by atoms with van der Waals surface area (Å²) in [6.45, 7) is 0. The topological polar surface area (TPSA) is 37.4 Å². The van der Waals surface area contributed by atoms with Crippen LogP contribution in [0.2, 0.25) is 0 Å². The van der Waals surface area contributed by atoms with E-state index < -0.39 is 0 Å². The van der Waals surface area contributed by atoms with Crippen LogP contribution in [0.4, 0.5) is 0 Å². The third-order valence-electron chi connectivity index (χ3n) is 32.0. The van der Waals surface area contributed by atoms with Crippen LogP contribution in [0.25, 0.3) is 305 Å². The van der Waals surface area contributed by atoms with Crippen molar-refractivity contribution in [3.8, 4) is 22.7 Å². The molecule has 664 valence electrons. The lowest BCUT2D eigenvalue weighted by Crippen LogP contribution is -1.93. The number of aromatic nitrogens is 8. The van der Waals surface area contributed by atoms with Gasteiger partial charge in [0, 0.05) is 152 Å². The number of fused-ring (bicyclic) bond motifs is 43. The van der Waals surface area contributed by atoms with Crippen molar-refractivity contribution in [2.45, 2.75) is 0 Å². The van der Waals surface area contributed by atoms with Crippen molar-refractivity contribution in [2.75, 3.05) is 0 Å². The van der Waals surface area contributed by atoms with E-state index >= 15 is 0 Å². The van der Waals surface area contributed by atoms with Crippen LogP contribution < -0.4 is 0 Å². The smallest absolute Gasteiger partial charge is 0.0626 e. The summed E-state index contributed by atoms with van der Waals surface area (Å²) in [6, 6.07) is 178. The first-order valence-corrected chi connectivity index (χ1v) is 49.9. The zero-order valence-corrected chi connectivity index (χ0v) is 77.8. The van der Waals surface area contributed by atoms with Crippen LogP contribution in [0.5, 0.6) is 0 Å². The summed E-state index contributed by atoms with van der Waals surface area (Å²) >= 11 is 0. The second kappa shape index (κ2) is 29.2. The first kappa shape index (κ1) is 77.7. The molecule has 0 atom stereocenters. The third-order valence-corrected chi connectivity index (χ3v) is 32.0. The summed E-state index contributed by atoms with van der Waals surface area (Å²) in [5.41, 5.74) is 30.1. The molecule has 36 rings (SSSR count). The van der Waals surface area contributed by atoms with Gasteiger partial charge in [0.15, 0.2) is 0 Å². The molecule has 0 spiro atoms. The van der Waals surface area contributed by atoms with E-state index in [1.807, 2.05) is 0 Å². The second-order valence-electron chi connectivity index (χ2n) is 39.2. The van der Waals surface area contributed by atoms with Gasteiger partial charge in [0.2, 0.25) is 0 Å². The molecule has 0 N–H and O–H groups in total. The lowest BCUT2D eigenvalue weighted by molar-refractivity contribution is 1.18. The molecule has 0 fully saturated rings. The van der Waals surface area contributed by atoms with Crippen LogP contribution in [0.3, 0.4) is 0 Å². The van der Waals surface area contributed by atoms with Gasteiger partial charge in [-0.25, -0.2) is 0 Å². The van der Waals surface area contributed by atoms with Crippen molar-refractivity contribution < 1.29 is 0 Å². The summed E-state index contributed by atoms with van der Waals surface area (Å²) in [5, 5.41) is 42.0. The van der Waals surface area contributed by atoms with Crippen molar-refractivity contribution in [3.05, 3.63) is 485 Å². The number of hydrogen-bond donors (Lipinski definition) is 0. The molecule has 8 nitrogen and oxygen atoms in total. The molecule has 12 aromatic heterocycles. The van der Waals surface area contributed by atoms with Crippen molar-refractivity contribution in [1.29, 1.82) is 0 Å². The van der Waals surface area contributed by atoms with Crippen molar-refractivity contribution in [2.24, 2.45) is 0 Å². The van der Waals surface area contributed by atoms with E-state index in [1.54, 1.807) is 0 Å². The minimum Gasteiger partial charge on any atom is -0.309 e. The second-order valence-corrected chi connectivity index (χ2v) is 39.2. The molecule has 24 aromatic carbocycles. The fourth-order valence-corrected chi connectivity index (χ4v) is 26.2. The van der Waals surface area contributed by atoms with E-state index in [1.165, 1.54) is 305 Å². The molecular weight excluding hydrogens is 1750 g/mol. The molecule has 0 aliphatic rings. The van der Waals surface area contributed by atoms with Gasteiger partial charge >= 0.3 is 0 Å². The van der Waals surface area contributed by atoms with Gasteiger partial charge in [-0.1, -0.05) is 322 Å². The van der Waals surface area contributed by atoms with E-state index in [9.17, 15) is 0 Å². The first-order valence-electron chi connectivity index (χ1n) is 49.9. The van der Waals surface area contributed by atoms with Crippen LogP contribution in [0, 0.1) is 0 Å². The molecule has 0 unspecified atom stereocenters. The Morgan fingerprint density at radius 3 is 0.778 bits per heavy atom. The predicted octanol–water partition coefficient (Wildman–Crippen LogP) is 36.3. The largest absolute Gasteiger partial charge is 0.309 e. The average Bonchev–Trinajstić information content (AvgIpc) is 1.53. The van der Waals surface area contributed by atoms with Gasteiger partial charge in [0.1, 0.15) is 0 Å². The summed E-state index contributed by atoms with van der Waals surface area (Å²) < 4.78 is 19.6. The molecule has 0 bridgehead atoms. The molecule has 36 aromatic rings. The van der Waals surface area contributed by atoms with Crippen LogP contribution in [-0.2, 0) is 0 Å². The Morgan fingerprint density at radius 2 is 0.347 bits per heavy atom. The van der Waals surface area contributed by atoms with E-state index in [0.29, 0.717) is 0 Å². The maximum Gasteiger partial charge on any atom is 0.0626 e.